The normalized spacial score (nSPS) is 12.6. The zero-order valence-corrected chi connectivity index (χ0v) is 54.3. The Bertz CT molecular complexity index is 1250. The molecule has 2 unspecified atom stereocenters. The SMILES string of the molecule is CCCCCCCCCCCCCCCCCCCC/C=C/C(O)C(CO)NC(=O)CCCCCCCCCCCCCCC/C=C\CCCCCCCCCCCCCCOC(=O)CCCCCCCCCCCCCCCC. The van der Waals surface area contributed by atoms with E-state index in [0.29, 0.717) is 19.4 Å². The number of esters is 1. The molecule has 0 aliphatic rings. The van der Waals surface area contributed by atoms with E-state index in [9.17, 15) is 19.8 Å². The smallest absolute Gasteiger partial charge is 0.305 e. The lowest BCUT2D eigenvalue weighted by Gasteiger charge is -2.20. The second kappa shape index (κ2) is 69.8. The Morgan fingerprint density at radius 2 is 0.588 bits per heavy atom. The molecule has 6 heteroatoms. The average Bonchev–Trinajstić information content (AvgIpc) is 3.46. The monoisotopic (exact) mass is 1130 g/mol. The van der Waals surface area contributed by atoms with Gasteiger partial charge in [-0.25, -0.2) is 0 Å². The van der Waals surface area contributed by atoms with Crippen molar-refractivity contribution in [1.29, 1.82) is 0 Å². The molecule has 0 fully saturated rings. The van der Waals surface area contributed by atoms with Crippen LogP contribution in [0.3, 0.4) is 0 Å². The Morgan fingerprint density at radius 1 is 0.338 bits per heavy atom. The number of hydrogen-bond acceptors (Lipinski definition) is 5. The van der Waals surface area contributed by atoms with E-state index in [1.807, 2.05) is 6.08 Å². The predicted molar refractivity (Wildman–Crippen MR) is 352 cm³/mol. The summed E-state index contributed by atoms with van der Waals surface area (Å²) in [6, 6.07) is -0.628. The quantitative estimate of drug-likeness (QED) is 0.0320. The molecule has 0 rings (SSSR count). The third-order valence-corrected chi connectivity index (χ3v) is 17.2. The van der Waals surface area contributed by atoms with Crippen LogP contribution in [0.25, 0.3) is 0 Å². The van der Waals surface area contributed by atoms with E-state index in [-0.39, 0.29) is 18.5 Å². The number of rotatable bonds is 69. The Labute approximate surface area is 501 Å². The summed E-state index contributed by atoms with van der Waals surface area (Å²) in [5, 5.41) is 23.2. The van der Waals surface area contributed by atoms with Gasteiger partial charge in [-0.15, -0.1) is 0 Å². The number of aliphatic hydroxyl groups excluding tert-OH is 2. The van der Waals surface area contributed by atoms with E-state index in [2.05, 4.69) is 31.3 Å². The highest BCUT2D eigenvalue weighted by Crippen LogP contribution is 2.19. The van der Waals surface area contributed by atoms with E-state index in [4.69, 9.17) is 4.74 Å². The van der Waals surface area contributed by atoms with Crippen LogP contribution in [-0.2, 0) is 14.3 Å². The second-order valence-corrected chi connectivity index (χ2v) is 25.3. The molecule has 0 saturated heterocycles. The van der Waals surface area contributed by atoms with E-state index in [0.717, 1.165) is 38.5 Å². The van der Waals surface area contributed by atoms with Crippen LogP contribution in [0.4, 0.5) is 0 Å². The fourth-order valence-electron chi connectivity index (χ4n) is 11.6. The molecular weight excluding hydrogens is 983 g/mol. The van der Waals surface area contributed by atoms with Gasteiger partial charge in [0, 0.05) is 12.8 Å². The zero-order chi connectivity index (χ0) is 57.8. The summed E-state index contributed by atoms with van der Waals surface area (Å²) in [5.74, 6) is -0.0438. The Balaban J connectivity index is 3.39. The number of carbonyl (C=O) groups is 2. The highest BCUT2D eigenvalue weighted by Gasteiger charge is 2.18. The van der Waals surface area contributed by atoms with Crippen LogP contribution in [0.15, 0.2) is 24.3 Å². The van der Waals surface area contributed by atoms with Crippen LogP contribution < -0.4 is 5.32 Å². The molecule has 2 atom stereocenters. The Hall–Kier alpha value is -1.66. The van der Waals surface area contributed by atoms with Gasteiger partial charge in [-0.3, -0.25) is 9.59 Å². The van der Waals surface area contributed by atoms with E-state index < -0.39 is 12.1 Å². The lowest BCUT2D eigenvalue weighted by atomic mass is 10.0. The van der Waals surface area contributed by atoms with Gasteiger partial charge >= 0.3 is 5.97 Å². The average molecular weight is 1130 g/mol. The second-order valence-electron chi connectivity index (χ2n) is 25.3. The van der Waals surface area contributed by atoms with Crippen LogP contribution in [0.1, 0.15) is 412 Å². The highest BCUT2D eigenvalue weighted by molar-refractivity contribution is 5.76. The number of unbranched alkanes of at least 4 members (excludes halogenated alkanes) is 56. The molecule has 0 aliphatic heterocycles. The van der Waals surface area contributed by atoms with Crippen molar-refractivity contribution in [3.8, 4) is 0 Å². The minimum Gasteiger partial charge on any atom is -0.466 e. The van der Waals surface area contributed by atoms with Crippen LogP contribution in [0.2, 0.25) is 0 Å². The summed E-state index contributed by atoms with van der Waals surface area (Å²) < 4.78 is 5.49. The number of hydrogen-bond donors (Lipinski definition) is 3. The molecule has 474 valence electrons. The maximum absolute atomic E-state index is 12.5. The molecule has 0 aromatic rings. The van der Waals surface area contributed by atoms with E-state index in [1.54, 1.807) is 6.08 Å². The molecule has 0 heterocycles. The molecule has 0 aromatic heterocycles. The summed E-state index contributed by atoms with van der Waals surface area (Å²) in [5.41, 5.74) is 0. The van der Waals surface area contributed by atoms with Crippen molar-refractivity contribution in [1.82, 2.24) is 5.32 Å². The first-order valence-electron chi connectivity index (χ1n) is 36.6. The van der Waals surface area contributed by atoms with Crippen molar-refractivity contribution in [2.45, 2.75) is 424 Å². The number of nitrogens with one attached hydrogen (secondary N) is 1. The molecule has 0 saturated carbocycles. The molecule has 80 heavy (non-hydrogen) atoms. The molecular formula is C74H143NO5. The van der Waals surface area contributed by atoms with Gasteiger partial charge in [0.2, 0.25) is 5.91 Å². The van der Waals surface area contributed by atoms with Gasteiger partial charge in [0.25, 0.3) is 0 Å². The van der Waals surface area contributed by atoms with Crippen LogP contribution in [0, 0.1) is 0 Å². The van der Waals surface area contributed by atoms with Crippen molar-refractivity contribution in [3.05, 3.63) is 24.3 Å². The van der Waals surface area contributed by atoms with Gasteiger partial charge in [0.1, 0.15) is 0 Å². The molecule has 0 spiro atoms. The topological polar surface area (TPSA) is 95.9 Å². The highest BCUT2D eigenvalue weighted by atomic mass is 16.5. The molecule has 0 aromatic carbocycles. The first-order chi connectivity index (χ1) is 39.5. The van der Waals surface area contributed by atoms with Crippen LogP contribution in [-0.4, -0.2) is 47.4 Å². The van der Waals surface area contributed by atoms with Crippen molar-refractivity contribution in [2.75, 3.05) is 13.2 Å². The third-order valence-electron chi connectivity index (χ3n) is 17.2. The maximum Gasteiger partial charge on any atom is 0.305 e. The van der Waals surface area contributed by atoms with Crippen molar-refractivity contribution in [2.24, 2.45) is 0 Å². The minimum absolute atomic E-state index is 0.0192. The minimum atomic E-state index is -0.844. The van der Waals surface area contributed by atoms with Crippen molar-refractivity contribution in [3.63, 3.8) is 0 Å². The standard InChI is InChI=1S/C74H143NO5/c1-3-5-7-9-11-13-15-17-19-20-21-33-36-39-42-46-50-54-58-62-66-72(77)71(70-76)75-73(78)67-63-59-55-51-47-43-40-37-34-31-29-27-25-23-22-24-26-28-30-32-35-38-41-45-49-53-57-61-65-69-80-74(79)68-64-60-56-52-48-44-18-16-14-12-10-8-6-4-2/h22,24,62,66,71-72,76-77H,3-21,23,25-61,63-65,67-70H2,1-2H3,(H,75,78)/b24-22-,66-62+. The fraction of sp³-hybridized carbons (Fsp3) is 0.919. The molecule has 0 bridgehead atoms. The van der Waals surface area contributed by atoms with Gasteiger partial charge in [-0.2, -0.15) is 0 Å². The van der Waals surface area contributed by atoms with Crippen LogP contribution in [0.5, 0.6) is 0 Å². The largest absolute Gasteiger partial charge is 0.466 e. The number of aliphatic hydroxyl groups is 2. The number of ether oxygens (including phenoxy) is 1. The Kier molecular flexibility index (Phi) is 68.4. The molecule has 6 nitrogen and oxygen atoms in total. The number of carbonyl (C=O) groups excluding carboxylic acids is 2. The molecule has 0 radical (unpaired) electrons. The third kappa shape index (κ3) is 65.5. The first-order valence-corrected chi connectivity index (χ1v) is 36.6. The summed E-state index contributed by atoms with van der Waals surface area (Å²) in [6.45, 7) is 4.95. The summed E-state index contributed by atoms with van der Waals surface area (Å²) in [7, 11) is 0. The zero-order valence-electron chi connectivity index (χ0n) is 54.3. The maximum atomic E-state index is 12.5. The van der Waals surface area contributed by atoms with Gasteiger partial charge < -0.3 is 20.3 Å². The number of allylic oxidation sites excluding steroid dienone is 3. The predicted octanol–water partition coefficient (Wildman–Crippen LogP) is 23.7. The van der Waals surface area contributed by atoms with Crippen molar-refractivity contribution >= 4 is 11.9 Å². The van der Waals surface area contributed by atoms with Crippen molar-refractivity contribution < 1.29 is 24.5 Å². The van der Waals surface area contributed by atoms with E-state index in [1.165, 1.54) is 347 Å². The molecule has 3 N–H and O–H groups in total. The summed E-state index contributed by atoms with van der Waals surface area (Å²) in [6.07, 6.45) is 88.4. The molecule has 0 aliphatic carbocycles. The lowest BCUT2D eigenvalue weighted by molar-refractivity contribution is -0.143. The van der Waals surface area contributed by atoms with Gasteiger partial charge in [-0.1, -0.05) is 366 Å². The fourth-order valence-corrected chi connectivity index (χ4v) is 11.6. The Morgan fingerprint density at radius 3 is 0.887 bits per heavy atom. The lowest BCUT2D eigenvalue weighted by Crippen LogP contribution is -2.45. The van der Waals surface area contributed by atoms with E-state index >= 15 is 0 Å². The summed E-state index contributed by atoms with van der Waals surface area (Å²) in [4.78, 5) is 24.6. The number of amides is 1. The van der Waals surface area contributed by atoms with Gasteiger partial charge in [0.05, 0.1) is 25.4 Å². The van der Waals surface area contributed by atoms with Gasteiger partial charge in [0.15, 0.2) is 0 Å². The van der Waals surface area contributed by atoms with Gasteiger partial charge in [-0.05, 0) is 57.8 Å². The summed E-state index contributed by atoms with van der Waals surface area (Å²) >= 11 is 0. The van der Waals surface area contributed by atoms with Crippen LogP contribution >= 0.6 is 0 Å². The first kappa shape index (κ1) is 78.3. The molecule has 1 amide bonds.